The van der Waals surface area contributed by atoms with Gasteiger partial charge in [-0.2, -0.15) is 22.0 Å². The molecule has 0 unspecified atom stereocenters. The van der Waals surface area contributed by atoms with Crippen molar-refractivity contribution >= 4 is 5.69 Å². The summed E-state index contributed by atoms with van der Waals surface area (Å²) < 4.78 is 69.9. The topological polar surface area (TPSA) is 58.7 Å². The number of benzene rings is 1. The Morgan fingerprint density at radius 1 is 1.21 bits per heavy atom. The maximum Gasteiger partial charge on any atom is 0.458 e. The summed E-state index contributed by atoms with van der Waals surface area (Å²) in [5.41, 5.74) is 4.03. The van der Waals surface area contributed by atoms with E-state index in [4.69, 9.17) is 10.5 Å². The van der Waals surface area contributed by atoms with Crippen LogP contribution in [0.3, 0.4) is 0 Å². The minimum atomic E-state index is -5.78. The minimum Gasteiger partial charge on any atom is -0.488 e. The van der Waals surface area contributed by atoms with Crippen LogP contribution in [0.15, 0.2) is 42.6 Å². The Balaban J connectivity index is 2.19. The van der Waals surface area contributed by atoms with E-state index in [2.05, 4.69) is 0 Å². The van der Waals surface area contributed by atoms with E-state index < -0.39 is 36.2 Å². The van der Waals surface area contributed by atoms with Gasteiger partial charge in [0, 0.05) is 24.5 Å². The molecule has 4 nitrogen and oxygen atoms in total. The van der Waals surface area contributed by atoms with Crippen molar-refractivity contribution in [1.82, 2.24) is 4.90 Å². The van der Waals surface area contributed by atoms with Gasteiger partial charge < -0.3 is 20.5 Å². The second-order valence-corrected chi connectivity index (χ2v) is 5.09. The van der Waals surface area contributed by atoms with Crippen LogP contribution in [0.2, 0.25) is 0 Å². The van der Waals surface area contributed by atoms with Crippen LogP contribution < -0.4 is 10.5 Å². The smallest absolute Gasteiger partial charge is 0.458 e. The zero-order valence-corrected chi connectivity index (χ0v) is 12.3. The van der Waals surface area contributed by atoms with Crippen molar-refractivity contribution in [2.45, 2.75) is 18.3 Å². The predicted octanol–water partition coefficient (Wildman–Crippen LogP) is 3.01. The summed E-state index contributed by atoms with van der Waals surface area (Å²) in [7, 11) is 0. The van der Waals surface area contributed by atoms with E-state index in [9.17, 15) is 27.1 Å². The number of hydrogen-bond acceptors (Lipinski definition) is 4. The van der Waals surface area contributed by atoms with E-state index in [1.54, 1.807) is 24.4 Å². The van der Waals surface area contributed by atoms with Crippen LogP contribution in [0.5, 0.6) is 5.75 Å². The van der Waals surface area contributed by atoms with E-state index >= 15 is 0 Å². The van der Waals surface area contributed by atoms with Crippen molar-refractivity contribution in [1.29, 1.82) is 0 Å². The first kappa shape index (κ1) is 18.1. The first-order valence-corrected chi connectivity index (χ1v) is 6.87. The van der Waals surface area contributed by atoms with Gasteiger partial charge in [-0.1, -0.05) is 12.2 Å². The quantitative estimate of drug-likeness (QED) is 0.633. The van der Waals surface area contributed by atoms with Gasteiger partial charge in [0.1, 0.15) is 12.4 Å². The Morgan fingerprint density at radius 3 is 2.50 bits per heavy atom. The Morgan fingerprint density at radius 2 is 1.92 bits per heavy atom. The van der Waals surface area contributed by atoms with Gasteiger partial charge in [0.15, 0.2) is 6.23 Å². The summed E-state index contributed by atoms with van der Waals surface area (Å²) in [6.45, 7) is -0.161. The Labute approximate surface area is 134 Å². The molecule has 0 aromatic heterocycles. The summed E-state index contributed by atoms with van der Waals surface area (Å²) >= 11 is 0. The molecule has 0 aliphatic carbocycles. The number of ether oxygens (including phenoxy) is 1. The fourth-order valence-corrected chi connectivity index (χ4v) is 2.03. The molecular weight excluding hydrogens is 335 g/mol. The average molecular weight is 350 g/mol. The first-order chi connectivity index (χ1) is 11.1. The predicted molar refractivity (Wildman–Crippen MR) is 77.3 cm³/mol. The molecule has 2 rings (SSSR count). The van der Waals surface area contributed by atoms with Gasteiger partial charge >= 0.3 is 12.1 Å². The highest BCUT2D eigenvalue weighted by molar-refractivity contribution is 5.50. The molecule has 3 N–H and O–H groups in total. The molecule has 1 atom stereocenters. The number of rotatable bonds is 5. The number of nitrogens with two attached hydrogens (primary N) is 1. The van der Waals surface area contributed by atoms with Crippen molar-refractivity contribution in [2.24, 2.45) is 0 Å². The third-order valence-corrected chi connectivity index (χ3v) is 3.31. The van der Waals surface area contributed by atoms with Crippen LogP contribution >= 0.6 is 0 Å². The number of halogens is 5. The molecule has 1 aromatic carbocycles. The van der Waals surface area contributed by atoms with Crippen LogP contribution in [0.1, 0.15) is 5.56 Å². The highest BCUT2D eigenvalue weighted by atomic mass is 19.4. The maximum atomic E-state index is 13.6. The van der Waals surface area contributed by atoms with E-state index in [-0.39, 0.29) is 5.69 Å². The van der Waals surface area contributed by atoms with Crippen molar-refractivity contribution in [2.75, 3.05) is 18.9 Å². The van der Waals surface area contributed by atoms with Crippen molar-refractivity contribution in [3.05, 3.63) is 48.2 Å². The lowest BCUT2D eigenvalue weighted by atomic mass is 10.1. The van der Waals surface area contributed by atoms with Crippen LogP contribution in [-0.4, -0.2) is 35.6 Å². The van der Waals surface area contributed by atoms with Gasteiger partial charge in [-0.3, -0.25) is 0 Å². The molecule has 0 saturated heterocycles. The molecule has 0 amide bonds. The van der Waals surface area contributed by atoms with Crippen molar-refractivity contribution in [3.8, 4) is 5.75 Å². The normalized spacial score (nSPS) is 16.3. The molecule has 1 aromatic rings. The summed E-state index contributed by atoms with van der Waals surface area (Å²) in [6.07, 6.45) is -0.355. The van der Waals surface area contributed by atoms with E-state index in [0.29, 0.717) is 12.6 Å². The second kappa shape index (κ2) is 6.68. The Hall–Kier alpha value is -2.29. The highest BCUT2D eigenvalue weighted by Gasteiger charge is 2.60. The van der Waals surface area contributed by atoms with Crippen molar-refractivity contribution < 1.29 is 31.8 Å². The van der Waals surface area contributed by atoms with Crippen LogP contribution in [0, 0.1) is 0 Å². The molecule has 0 radical (unpaired) electrons. The number of aliphatic hydroxyl groups excluding tert-OH is 1. The fraction of sp³-hybridized carbons (Fsp3) is 0.333. The van der Waals surface area contributed by atoms with E-state index in [1.165, 1.54) is 4.90 Å². The van der Waals surface area contributed by atoms with Crippen molar-refractivity contribution in [3.63, 3.8) is 0 Å². The number of allylic oxidation sites excluding steroid dienone is 2. The molecule has 0 bridgehead atoms. The second-order valence-electron chi connectivity index (χ2n) is 5.09. The lowest BCUT2D eigenvalue weighted by molar-refractivity contribution is -0.289. The van der Waals surface area contributed by atoms with Gasteiger partial charge in [-0.15, -0.1) is 0 Å². The summed E-state index contributed by atoms with van der Waals surface area (Å²) in [5.74, 6) is -5.83. The van der Waals surface area contributed by atoms with E-state index in [1.807, 2.05) is 0 Å². The maximum absolute atomic E-state index is 13.6. The molecule has 132 valence electrons. The van der Waals surface area contributed by atoms with Gasteiger partial charge in [-0.25, -0.2) is 0 Å². The number of anilines is 1. The van der Waals surface area contributed by atoms with Crippen LogP contribution in [0.4, 0.5) is 27.6 Å². The number of hydrogen-bond donors (Lipinski definition) is 2. The molecular formula is C15H15F5N2O2. The Bertz CT molecular complexity index is 643. The minimum absolute atomic E-state index is 0.0398. The fourth-order valence-electron chi connectivity index (χ4n) is 2.03. The molecule has 0 spiro atoms. The van der Waals surface area contributed by atoms with E-state index in [0.717, 1.165) is 12.1 Å². The molecule has 1 aliphatic heterocycles. The Kier molecular flexibility index (Phi) is 5.02. The lowest BCUT2D eigenvalue weighted by Crippen LogP contribution is -2.37. The largest absolute Gasteiger partial charge is 0.488 e. The lowest BCUT2D eigenvalue weighted by Gasteiger charge is -2.28. The zero-order valence-electron chi connectivity index (χ0n) is 12.3. The SMILES string of the molecule is Nc1ccc(C(F)(F)C(F)(F)F)c(OC[C@@H](O)N2C=CC=CC2)c1. The molecule has 24 heavy (non-hydrogen) atoms. The van der Waals surface area contributed by atoms with Crippen LogP contribution in [-0.2, 0) is 5.92 Å². The number of aliphatic hydroxyl groups is 1. The van der Waals surface area contributed by atoms with Gasteiger partial charge in [0.05, 0.1) is 5.56 Å². The molecule has 0 saturated carbocycles. The summed E-state index contributed by atoms with van der Waals surface area (Å²) in [4.78, 5) is 1.42. The highest BCUT2D eigenvalue weighted by Crippen LogP contribution is 2.47. The molecule has 9 heteroatoms. The average Bonchev–Trinajstić information content (AvgIpc) is 2.52. The number of nitrogen functional groups attached to an aromatic ring is 1. The monoisotopic (exact) mass is 350 g/mol. The van der Waals surface area contributed by atoms with Gasteiger partial charge in [0.2, 0.25) is 0 Å². The summed E-state index contributed by atoms with van der Waals surface area (Å²) in [5, 5.41) is 9.93. The molecule has 1 heterocycles. The third-order valence-electron chi connectivity index (χ3n) is 3.31. The zero-order chi connectivity index (χ0) is 18.0. The standard InChI is InChI=1S/C15H15F5N2O2/c16-14(17,15(18,19)20)11-5-4-10(21)8-12(11)24-9-13(23)22-6-2-1-3-7-22/h1-6,8,13,23H,7,9,21H2/t13-/m1/s1. The summed E-state index contributed by atoms with van der Waals surface area (Å²) in [6, 6.07) is 2.36. The van der Waals surface area contributed by atoms with Crippen LogP contribution in [0.25, 0.3) is 0 Å². The third kappa shape index (κ3) is 3.78. The van der Waals surface area contributed by atoms with Gasteiger partial charge in [-0.05, 0) is 18.2 Å². The molecule has 0 fully saturated rings. The first-order valence-electron chi connectivity index (χ1n) is 6.87. The molecule has 1 aliphatic rings. The van der Waals surface area contributed by atoms with Gasteiger partial charge in [0.25, 0.3) is 0 Å². The number of alkyl halides is 5. The number of nitrogens with zero attached hydrogens (tertiary/aromatic N) is 1.